The molecule has 138 valence electrons. The van der Waals surface area contributed by atoms with Crippen LogP contribution in [-0.2, 0) is 11.2 Å². The number of aromatic hydroxyl groups is 1. The van der Waals surface area contributed by atoms with Gasteiger partial charge in [-0.1, -0.05) is 25.5 Å². The molecule has 0 atom stereocenters. The zero-order valence-corrected chi connectivity index (χ0v) is 17.2. The molecule has 6 heteroatoms. The number of guanidine groups is 1. The zero-order valence-electron chi connectivity index (χ0n) is 14.9. The highest BCUT2D eigenvalue weighted by molar-refractivity contribution is 14.0. The van der Waals surface area contributed by atoms with Crippen LogP contribution in [0, 0.1) is 0 Å². The third-order valence-corrected chi connectivity index (χ3v) is 3.32. The van der Waals surface area contributed by atoms with E-state index in [9.17, 15) is 5.11 Å². The fourth-order valence-corrected chi connectivity index (χ4v) is 2.08. The number of unbranched alkanes of at least 4 members (excludes halogenated alkanes) is 1. The molecule has 24 heavy (non-hydrogen) atoms. The Balaban J connectivity index is 0.00000529. The van der Waals surface area contributed by atoms with Gasteiger partial charge >= 0.3 is 0 Å². The van der Waals surface area contributed by atoms with Crippen LogP contribution in [0.5, 0.6) is 5.75 Å². The molecule has 0 radical (unpaired) electrons. The molecule has 0 aliphatic carbocycles. The highest BCUT2D eigenvalue weighted by Crippen LogP contribution is 2.10. The molecule has 0 aliphatic rings. The number of hydrogen-bond acceptors (Lipinski definition) is 3. The molecular weight excluding hydrogens is 417 g/mol. The van der Waals surface area contributed by atoms with Gasteiger partial charge in [0, 0.05) is 32.8 Å². The van der Waals surface area contributed by atoms with Crippen LogP contribution in [0.3, 0.4) is 0 Å². The number of aliphatic imine (C=N–C) groups is 1. The zero-order chi connectivity index (χ0) is 16.8. The molecule has 0 aliphatic heterocycles. The molecule has 0 heterocycles. The van der Waals surface area contributed by atoms with E-state index in [1.807, 2.05) is 12.1 Å². The fourth-order valence-electron chi connectivity index (χ4n) is 2.08. The third-order valence-electron chi connectivity index (χ3n) is 3.32. The quantitative estimate of drug-likeness (QED) is 0.210. The lowest BCUT2D eigenvalue weighted by molar-refractivity contribution is 0.130. The molecule has 0 saturated carbocycles. The summed E-state index contributed by atoms with van der Waals surface area (Å²) in [6, 6.07) is 7.35. The summed E-state index contributed by atoms with van der Waals surface area (Å²) in [6.45, 7) is 8.22. The first kappa shape index (κ1) is 23.0. The van der Waals surface area contributed by atoms with Crippen molar-refractivity contribution in [2.24, 2.45) is 4.99 Å². The van der Waals surface area contributed by atoms with Gasteiger partial charge in [-0.05, 0) is 43.9 Å². The monoisotopic (exact) mass is 449 g/mol. The van der Waals surface area contributed by atoms with Crippen molar-refractivity contribution in [2.75, 3.05) is 32.8 Å². The van der Waals surface area contributed by atoms with Crippen LogP contribution in [0.15, 0.2) is 29.3 Å². The van der Waals surface area contributed by atoms with Crippen molar-refractivity contribution in [1.29, 1.82) is 0 Å². The molecule has 0 amide bonds. The fraction of sp³-hybridized carbons (Fsp3) is 0.611. The number of phenols is 1. The van der Waals surface area contributed by atoms with Gasteiger partial charge in [0.1, 0.15) is 5.75 Å². The van der Waals surface area contributed by atoms with Crippen LogP contribution in [0.2, 0.25) is 0 Å². The molecule has 0 bridgehead atoms. The highest BCUT2D eigenvalue weighted by atomic mass is 127. The minimum Gasteiger partial charge on any atom is -0.508 e. The maximum atomic E-state index is 9.46. The lowest BCUT2D eigenvalue weighted by atomic mass is 10.1. The summed E-state index contributed by atoms with van der Waals surface area (Å²) in [5.41, 5.74) is 1.11. The molecule has 0 spiro atoms. The summed E-state index contributed by atoms with van der Waals surface area (Å²) in [4.78, 5) is 4.55. The number of halogens is 1. The summed E-state index contributed by atoms with van der Waals surface area (Å²) < 4.78 is 5.53. The largest absolute Gasteiger partial charge is 0.508 e. The molecule has 3 N–H and O–H groups in total. The van der Waals surface area contributed by atoms with E-state index in [4.69, 9.17) is 4.74 Å². The minimum absolute atomic E-state index is 0. The number of nitrogens with one attached hydrogen (secondary N) is 2. The Hall–Kier alpha value is -1.02. The second kappa shape index (κ2) is 15.5. The molecule has 0 saturated heterocycles. The van der Waals surface area contributed by atoms with Crippen LogP contribution in [0.1, 0.15) is 38.7 Å². The third kappa shape index (κ3) is 11.5. The van der Waals surface area contributed by atoms with Gasteiger partial charge in [0.05, 0.1) is 0 Å². The van der Waals surface area contributed by atoms with Crippen molar-refractivity contribution in [3.8, 4) is 5.75 Å². The average Bonchev–Trinajstić information content (AvgIpc) is 2.54. The normalized spacial score (nSPS) is 11.0. The summed E-state index contributed by atoms with van der Waals surface area (Å²) in [7, 11) is 0. The van der Waals surface area contributed by atoms with Crippen molar-refractivity contribution < 1.29 is 9.84 Å². The van der Waals surface area contributed by atoms with E-state index in [-0.39, 0.29) is 24.0 Å². The maximum Gasteiger partial charge on any atom is 0.191 e. The van der Waals surface area contributed by atoms with Crippen molar-refractivity contribution in [3.63, 3.8) is 0 Å². The Labute approximate surface area is 163 Å². The summed E-state index contributed by atoms with van der Waals surface area (Å²) in [5, 5.41) is 16.0. The first-order valence-electron chi connectivity index (χ1n) is 8.64. The van der Waals surface area contributed by atoms with Gasteiger partial charge in [0.25, 0.3) is 0 Å². The standard InChI is InChI=1S/C18H31N3O2.HI/c1-3-5-13-23-14-7-11-20-18(19-4-2)21-12-10-16-8-6-9-17(22)15-16;/h6,8-9,15,22H,3-5,7,10-14H2,1-2H3,(H2,19,20,21);1H. The first-order chi connectivity index (χ1) is 11.3. The van der Waals surface area contributed by atoms with Crippen LogP contribution >= 0.6 is 24.0 Å². The Bertz CT molecular complexity index is 456. The predicted molar refractivity (Wildman–Crippen MR) is 112 cm³/mol. The predicted octanol–water partition coefficient (Wildman–Crippen LogP) is 3.31. The summed E-state index contributed by atoms with van der Waals surface area (Å²) >= 11 is 0. The molecular formula is C18H32IN3O2. The summed E-state index contributed by atoms with van der Waals surface area (Å²) in [6.07, 6.45) is 4.08. The van der Waals surface area contributed by atoms with Crippen LogP contribution < -0.4 is 10.6 Å². The lowest BCUT2D eigenvalue weighted by Crippen LogP contribution is -2.38. The lowest BCUT2D eigenvalue weighted by Gasteiger charge is -2.11. The Morgan fingerprint density at radius 2 is 1.96 bits per heavy atom. The van der Waals surface area contributed by atoms with E-state index >= 15 is 0 Å². The first-order valence-corrected chi connectivity index (χ1v) is 8.64. The van der Waals surface area contributed by atoms with Crippen LogP contribution in [0.4, 0.5) is 0 Å². The van der Waals surface area contributed by atoms with Gasteiger partial charge < -0.3 is 20.5 Å². The Morgan fingerprint density at radius 1 is 1.17 bits per heavy atom. The van der Waals surface area contributed by atoms with Crippen molar-refractivity contribution in [3.05, 3.63) is 29.8 Å². The number of ether oxygens (including phenoxy) is 1. The second-order valence-corrected chi connectivity index (χ2v) is 5.43. The molecule has 5 nitrogen and oxygen atoms in total. The van der Waals surface area contributed by atoms with Crippen molar-refractivity contribution >= 4 is 29.9 Å². The van der Waals surface area contributed by atoms with E-state index < -0.39 is 0 Å². The number of phenolic OH excluding ortho intramolecular Hbond substituents is 1. The number of nitrogens with zero attached hydrogens (tertiary/aromatic N) is 1. The summed E-state index contributed by atoms with van der Waals surface area (Å²) in [5.74, 6) is 1.15. The minimum atomic E-state index is 0. The Kier molecular flexibility index (Phi) is 14.8. The van der Waals surface area contributed by atoms with Gasteiger partial charge in [-0.25, -0.2) is 0 Å². The van der Waals surface area contributed by atoms with Gasteiger partial charge in [0.2, 0.25) is 0 Å². The molecule has 0 aromatic heterocycles. The van der Waals surface area contributed by atoms with E-state index in [1.165, 1.54) is 6.42 Å². The van der Waals surface area contributed by atoms with Crippen molar-refractivity contribution in [1.82, 2.24) is 10.6 Å². The van der Waals surface area contributed by atoms with Gasteiger partial charge in [-0.15, -0.1) is 24.0 Å². The number of hydrogen-bond donors (Lipinski definition) is 3. The smallest absolute Gasteiger partial charge is 0.191 e. The van der Waals surface area contributed by atoms with Crippen LogP contribution in [0.25, 0.3) is 0 Å². The SMILES string of the molecule is CCCCOCCCN=C(NCC)NCCc1cccc(O)c1.I. The van der Waals surface area contributed by atoms with Gasteiger partial charge in [-0.2, -0.15) is 0 Å². The van der Waals surface area contributed by atoms with E-state index in [0.717, 1.165) is 63.6 Å². The molecule has 1 rings (SSSR count). The number of benzene rings is 1. The van der Waals surface area contributed by atoms with E-state index in [2.05, 4.69) is 29.5 Å². The molecule has 1 aromatic carbocycles. The van der Waals surface area contributed by atoms with Gasteiger partial charge in [0.15, 0.2) is 5.96 Å². The van der Waals surface area contributed by atoms with Crippen LogP contribution in [-0.4, -0.2) is 43.9 Å². The molecule has 0 fully saturated rings. The van der Waals surface area contributed by atoms with E-state index in [1.54, 1.807) is 12.1 Å². The maximum absolute atomic E-state index is 9.46. The Morgan fingerprint density at radius 3 is 2.67 bits per heavy atom. The van der Waals surface area contributed by atoms with Crippen molar-refractivity contribution in [2.45, 2.75) is 39.5 Å². The van der Waals surface area contributed by atoms with E-state index in [0.29, 0.717) is 5.75 Å². The topological polar surface area (TPSA) is 65.9 Å². The highest BCUT2D eigenvalue weighted by Gasteiger charge is 1.98. The van der Waals surface area contributed by atoms with Gasteiger partial charge in [-0.3, -0.25) is 4.99 Å². The molecule has 1 aromatic rings. The number of rotatable bonds is 11. The second-order valence-electron chi connectivity index (χ2n) is 5.43. The molecule has 0 unspecified atom stereocenters. The average molecular weight is 449 g/mol.